The molecule has 104 valence electrons. The molecule has 0 atom stereocenters. The van der Waals surface area contributed by atoms with Gasteiger partial charge in [-0.05, 0) is 42.2 Å². The lowest BCUT2D eigenvalue weighted by Gasteiger charge is -2.02. The fourth-order valence-electron chi connectivity index (χ4n) is 1.96. The van der Waals surface area contributed by atoms with E-state index in [-0.39, 0.29) is 0 Å². The van der Waals surface area contributed by atoms with Crippen molar-refractivity contribution in [2.24, 2.45) is 4.99 Å². The Morgan fingerprint density at radius 3 is 3.05 bits per heavy atom. The third-order valence-electron chi connectivity index (χ3n) is 2.84. The van der Waals surface area contributed by atoms with Crippen molar-refractivity contribution in [3.63, 3.8) is 0 Å². The molecule has 0 aliphatic heterocycles. The Morgan fingerprint density at radius 2 is 2.33 bits per heavy atom. The zero-order valence-corrected chi connectivity index (χ0v) is 13.7. The Hall–Kier alpha value is -1.59. The average Bonchev–Trinajstić information content (AvgIpc) is 2.92. The summed E-state index contributed by atoms with van der Waals surface area (Å²) in [5.74, 6) is 0.977. The van der Waals surface area contributed by atoms with E-state index < -0.39 is 0 Å². The number of thiocarbonyl (C=S) groups is 1. The Bertz CT molecular complexity index is 821. The highest BCUT2D eigenvalue weighted by atomic mass is 32.2. The minimum absolute atomic E-state index is 0.866. The van der Waals surface area contributed by atoms with Crippen molar-refractivity contribution in [2.75, 3.05) is 5.75 Å². The van der Waals surface area contributed by atoms with Gasteiger partial charge in [-0.3, -0.25) is 4.98 Å². The number of benzene rings is 1. The largest absolute Gasteiger partial charge is 0.264 e. The number of pyridine rings is 1. The predicted octanol–water partition coefficient (Wildman–Crippen LogP) is 5.20. The zero-order chi connectivity index (χ0) is 14.7. The molecule has 3 aromatic rings. The third kappa shape index (κ3) is 3.04. The molecule has 0 unspecified atom stereocenters. The first-order valence-electron chi connectivity index (χ1n) is 6.37. The summed E-state index contributed by atoms with van der Waals surface area (Å²) >= 11 is 8.10. The lowest BCUT2D eigenvalue weighted by Crippen LogP contribution is -1.78. The molecule has 0 amide bonds. The molecular weight excluding hydrogens is 318 g/mol. The maximum atomic E-state index is 4.74. The summed E-state index contributed by atoms with van der Waals surface area (Å²) in [5, 5.41) is 3.42. The Kier molecular flexibility index (Phi) is 4.41. The standard InChI is InChI=1S/C15H11N3S3/c1-2-20-13-7-12-14(6-11(13)17-9-19)21-15(18-12)10-4-3-5-16-8-10/h3-8H,2H2,1H3. The van der Waals surface area contributed by atoms with E-state index in [9.17, 15) is 0 Å². The van der Waals surface area contributed by atoms with Gasteiger partial charge in [0.25, 0.3) is 0 Å². The first-order valence-corrected chi connectivity index (χ1v) is 8.58. The van der Waals surface area contributed by atoms with Crippen LogP contribution in [0.2, 0.25) is 0 Å². The maximum absolute atomic E-state index is 4.74. The van der Waals surface area contributed by atoms with Crippen LogP contribution in [-0.4, -0.2) is 20.9 Å². The molecule has 0 N–H and O–H groups in total. The fraction of sp³-hybridized carbons (Fsp3) is 0.133. The highest BCUT2D eigenvalue weighted by molar-refractivity contribution is 7.99. The molecule has 21 heavy (non-hydrogen) atoms. The van der Waals surface area contributed by atoms with Gasteiger partial charge in [0.2, 0.25) is 0 Å². The first-order chi connectivity index (χ1) is 10.3. The number of thioether (sulfide) groups is 1. The normalized spacial score (nSPS) is 10.5. The lowest BCUT2D eigenvalue weighted by molar-refractivity contribution is 1.32. The molecule has 6 heteroatoms. The summed E-state index contributed by atoms with van der Waals surface area (Å²) < 4.78 is 1.10. The molecule has 0 fully saturated rings. The van der Waals surface area contributed by atoms with Gasteiger partial charge in [-0.2, -0.15) is 4.99 Å². The van der Waals surface area contributed by atoms with Gasteiger partial charge in [-0.1, -0.05) is 6.92 Å². The quantitative estimate of drug-likeness (QED) is 0.374. The van der Waals surface area contributed by atoms with E-state index in [1.807, 2.05) is 24.4 Å². The number of aliphatic imine (C=N–C) groups is 1. The SMILES string of the molecule is CCSc1cc2nc(-c3cccnc3)sc2cc1N=C=S. The summed E-state index contributed by atoms with van der Waals surface area (Å²) in [5.41, 5.74) is 2.88. The lowest BCUT2D eigenvalue weighted by atomic mass is 10.3. The van der Waals surface area contributed by atoms with Gasteiger partial charge >= 0.3 is 0 Å². The minimum atomic E-state index is 0.866. The first kappa shape index (κ1) is 14.4. The predicted molar refractivity (Wildman–Crippen MR) is 93.9 cm³/mol. The summed E-state index contributed by atoms with van der Waals surface area (Å²) in [6, 6.07) is 8.04. The Labute approximate surface area is 136 Å². The third-order valence-corrected chi connectivity index (χ3v) is 4.93. The molecule has 0 saturated carbocycles. The molecule has 1 aromatic carbocycles. The van der Waals surface area contributed by atoms with Gasteiger partial charge in [0.1, 0.15) is 5.01 Å². The number of thiazole rings is 1. The van der Waals surface area contributed by atoms with Gasteiger partial charge < -0.3 is 0 Å². The van der Waals surface area contributed by atoms with Gasteiger partial charge in [0.15, 0.2) is 0 Å². The number of hydrogen-bond acceptors (Lipinski definition) is 6. The van der Waals surface area contributed by atoms with Crippen molar-refractivity contribution in [3.05, 3.63) is 36.7 Å². The van der Waals surface area contributed by atoms with Crippen LogP contribution in [0.5, 0.6) is 0 Å². The summed E-state index contributed by atoms with van der Waals surface area (Å²) in [6.45, 7) is 2.11. The molecule has 3 nitrogen and oxygen atoms in total. The van der Waals surface area contributed by atoms with E-state index in [2.05, 4.69) is 28.1 Å². The van der Waals surface area contributed by atoms with Crippen LogP contribution in [-0.2, 0) is 0 Å². The van der Waals surface area contributed by atoms with Crippen molar-refractivity contribution in [2.45, 2.75) is 11.8 Å². The Balaban J connectivity index is 2.15. The molecule has 0 saturated heterocycles. The Morgan fingerprint density at radius 1 is 1.43 bits per heavy atom. The van der Waals surface area contributed by atoms with Crippen LogP contribution in [0, 0.1) is 0 Å². The van der Waals surface area contributed by atoms with Crippen LogP contribution < -0.4 is 0 Å². The van der Waals surface area contributed by atoms with E-state index in [1.54, 1.807) is 29.3 Å². The molecule has 0 bridgehead atoms. The van der Waals surface area contributed by atoms with Crippen LogP contribution in [0.3, 0.4) is 0 Å². The van der Waals surface area contributed by atoms with E-state index >= 15 is 0 Å². The van der Waals surface area contributed by atoms with Crippen LogP contribution >= 0.6 is 35.3 Å². The van der Waals surface area contributed by atoms with Crippen LogP contribution in [0.25, 0.3) is 20.8 Å². The number of nitrogens with zero attached hydrogens (tertiary/aromatic N) is 3. The summed E-state index contributed by atoms with van der Waals surface area (Å²) in [7, 11) is 0. The second-order valence-electron chi connectivity index (χ2n) is 4.18. The second-order valence-corrected chi connectivity index (χ2v) is 6.70. The van der Waals surface area contributed by atoms with Crippen molar-refractivity contribution in [3.8, 4) is 10.6 Å². The fourth-order valence-corrected chi connectivity index (χ4v) is 3.79. The molecule has 0 spiro atoms. The molecule has 0 radical (unpaired) electrons. The molecule has 2 aromatic heterocycles. The monoisotopic (exact) mass is 329 g/mol. The number of fused-ring (bicyclic) bond motifs is 1. The average molecular weight is 329 g/mol. The smallest absolute Gasteiger partial charge is 0.126 e. The summed E-state index contributed by atoms with van der Waals surface area (Å²) in [4.78, 5) is 14.1. The molecule has 2 heterocycles. The maximum Gasteiger partial charge on any atom is 0.126 e. The van der Waals surface area contributed by atoms with Crippen molar-refractivity contribution in [1.82, 2.24) is 9.97 Å². The minimum Gasteiger partial charge on any atom is -0.264 e. The van der Waals surface area contributed by atoms with E-state index in [1.165, 1.54) is 0 Å². The zero-order valence-electron chi connectivity index (χ0n) is 11.2. The van der Waals surface area contributed by atoms with Crippen LogP contribution in [0.15, 0.2) is 46.5 Å². The highest BCUT2D eigenvalue weighted by Gasteiger charge is 2.10. The second kappa shape index (κ2) is 6.45. The van der Waals surface area contributed by atoms with E-state index in [0.717, 1.165) is 37.1 Å². The van der Waals surface area contributed by atoms with Crippen LogP contribution in [0.1, 0.15) is 6.92 Å². The number of isothiocyanates is 1. The number of hydrogen-bond donors (Lipinski definition) is 0. The van der Waals surface area contributed by atoms with Gasteiger partial charge in [0, 0.05) is 22.9 Å². The van der Waals surface area contributed by atoms with E-state index in [4.69, 9.17) is 17.2 Å². The topological polar surface area (TPSA) is 38.1 Å². The van der Waals surface area contributed by atoms with Crippen molar-refractivity contribution in [1.29, 1.82) is 0 Å². The van der Waals surface area contributed by atoms with Gasteiger partial charge in [-0.25, -0.2) is 4.98 Å². The molecule has 0 aliphatic rings. The van der Waals surface area contributed by atoms with Crippen LogP contribution in [0.4, 0.5) is 5.69 Å². The van der Waals surface area contributed by atoms with Crippen molar-refractivity contribution >= 4 is 56.4 Å². The van der Waals surface area contributed by atoms with Gasteiger partial charge in [0.05, 0.1) is 21.1 Å². The molecule has 3 rings (SSSR count). The van der Waals surface area contributed by atoms with Gasteiger partial charge in [-0.15, -0.1) is 23.1 Å². The summed E-state index contributed by atoms with van der Waals surface area (Å²) in [6.07, 6.45) is 3.59. The number of aromatic nitrogens is 2. The highest BCUT2D eigenvalue weighted by Crippen LogP contribution is 2.37. The number of rotatable bonds is 4. The molecule has 0 aliphatic carbocycles. The molecular formula is C15H11N3S3. The van der Waals surface area contributed by atoms with E-state index in [0.29, 0.717) is 0 Å². The van der Waals surface area contributed by atoms with Crippen molar-refractivity contribution < 1.29 is 0 Å².